The van der Waals surface area contributed by atoms with E-state index in [1.54, 1.807) is 22.7 Å². The average Bonchev–Trinajstić information content (AvgIpc) is 3.40. The van der Waals surface area contributed by atoms with Gasteiger partial charge in [0.15, 0.2) is 5.69 Å². The van der Waals surface area contributed by atoms with Gasteiger partial charge in [-0.25, -0.2) is 9.07 Å². The monoisotopic (exact) mass is 417 g/mol. The molecule has 0 aliphatic heterocycles. The molecular weight excluding hydrogens is 393 g/mol. The Morgan fingerprint density at radius 3 is 2.68 bits per heavy atom. The number of nitrogens with zero attached hydrogens (tertiary/aromatic N) is 4. The molecule has 31 heavy (non-hydrogen) atoms. The van der Waals surface area contributed by atoms with Gasteiger partial charge in [-0.2, -0.15) is 10.2 Å². The van der Waals surface area contributed by atoms with Crippen molar-refractivity contribution in [3.63, 3.8) is 0 Å². The predicted octanol–water partition coefficient (Wildman–Crippen LogP) is 4.41. The zero-order valence-electron chi connectivity index (χ0n) is 17.5. The van der Waals surface area contributed by atoms with Crippen molar-refractivity contribution in [2.45, 2.75) is 19.8 Å². The maximum absolute atomic E-state index is 13.4. The fraction of sp³-hybridized carbons (Fsp3) is 0.208. The number of rotatable bonds is 7. The van der Waals surface area contributed by atoms with Gasteiger partial charge in [0.05, 0.1) is 11.4 Å². The van der Waals surface area contributed by atoms with E-state index in [1.807, 2.05) is 55.5 Å². The number of halogens is 1. The lowest BCUT2D eigenvalue weighted by molar-refractivity contribution is 0.0787. The molecule has 2 aromatic heterocycles. The summed E-state index contributed by atoms with van der Waals surface area (Å²) in [7, 11) is 1.78. The minimum atomic E-state index is -0.285. The highest BCUT2D eigenvalue weighted by atomic mass is 19.1. The molecule has 0 radical (unpaired) electrons. The molecule has 0 spiro atoms. The molecule has 2 aromatic carbocycles. The van der Waals surface area contributed by atoms with Crippen LogP contribution in [-0.2, 0) is 6.42 Å². The van der Waals surface area contributed by atoms with E-state index in [2.05, 4.69) is 15.3 Å². The molecule has 0 saturated carbocycles. The first-order valence-corrected chi connectivity index (χ1v) is 10.2. The lowest BCUT2D eigenvalue weighted by Crippen LogP contribution is -2.28. The largest absolute Gasteiger partial charge is 0.340 e. The van der Waals surface area contributed by atoms with Crippen LogP contribution in [0.2, 0.25) is 0 Å². The molecule has 0 fully saturated rings. The topological polar surface area (TPSA) is 66.8 Å². The number of aryl methyl sites for hydroxylation is 2. The second kappa shape index (κ2) is 8.95. The standard InChI is InChI=1S/C24H24FN5O/c1-17-14-23(28-30(17)21-11-4-3-5-12-21)24(31)29(2)13-7-10-20-16-22(27-26-20)18-8-6-9-19(25)15-18/h3-6,8-9,11-12,14-16H,7,10,13H2,1-2H3,(H,26,27). The Bertz CT molecular complexity index is 1180. The van der Waals surface area contributed by atoms with Crippen LogP contribution < -0.4 is 0 Å². The number of carbonyl (C=O) groups is 1. The molecule has 0 saturated heterocycles. The van der Waals surface area contributed by atoms with Crippen molar-refractivity contribution in [3.05, 3.63) is 89.6 Å². The van der Waals surface area contributed by atoms with Crippen LogP contribution in [0.15, 0.2) is 66.7 Å². The summed E-state index contributed by atoms with van der Waals surface area (Å²) in [5.74, 6) is -0.394. The average molecular weight is 417 g/mol. The number of hydrogen-bond acceptors (Lipinski definition) is 3. The van der Waals surface area contributed by atoms with Crippen molar-refractivity contribution in [3.8, 4) is 16.9 Å². The molecule has 4 rings (SSSR count). The van der Waals surface area contributed by atoms with E-state index >= 15 is 0 Å². The molecule has 1 N–H and O–H groups in total. The van der Waals surface area contributed by atoms with Crippen molar-refractivity contribution in [1.82, 2.24) is 24.9 Å². The Hall–Kier alpha value is -3.74. The van der Waals surface area contributed by atoms with E-state index in [4.69, 9.17) is 0 Å². The SMILES string of the molecule is Cc1cc(C(=O)N(C)CCCc2cc(-c3cccc(F)c3)n[nH]2)nn1-c1ccccc1. The summed E-state index contributed by atoms with van der Waals surface area (Å²) < 4.78 is 15.2. The number of aromatic nitrogens is 4. The fourth-order valence-corrected chi connectivity index (χ4v) is 3.50. The van der Waals surface area contributed by atoms with Crippen LogP contribution in [0.1, 0.15) is 28.3 Å². The van der Waals surface area contributed by atoms with E-state index in [-0.39, 0.29) is 11.7 Å². The van der Waals surface area contributed by atoms with Gasteiger partial charge in [-0.3, -0.25) is 9.89 Å². The summed E-state index contributed by atoms with van der Waals surface area (Å²) >= 11 is 0. The van der Waals surface area contributed by atoms with Crippen molar-refractivity contribution in [1.29, 1.82) is 0 Å². The Labute approximate surface area is 180 Å². The molecule has 7 heteroatoms. The van der Waals surface area contributed by atoms with Crippen molar-refractivity contribution in [2.24, 2.45) is 0 Å². The Kier molecular flexibility index (Phi) is 5.93. The molecule has 158 valence electrons. The highest BCUT2D eigenvalue weighted by Crippen LogP contribution is 2.19. The zero-order valence-corrected chi connectivity index (χ0v) is 17.5. The summed E-state index contributed by atoms with van der Waals surface area (Å²) in [6, 6.07) is 19.8. The fourth-order valence-electron chi connectivity index (χ4n) is 3.50. The number of carbonyl (C=O) groups excluding carboxylic acids is 1. The number of H-pyrrole nitrogens is 1. The Morgan fingerprint density at radius 1 is 1.10 bits per heavy atom. The van der Waals surface area contributed by atoms with Crippen LogP contribution in [-0.4, -0.2) is 44.4 Å². The smallest absolute Gasteiger partial charge is 0.274 e. The number of nitrogens with one attached hydrogen (secondary N) is 1. The van der Waals surface area contributed by atoms with E-state index in [1.165, 1.54) is 12.1 Å². The Morgan fingerprint density at radius 2 is 1.90 bits per heavy atom. The predicted molar refractivity (Wildman–Crippen MR) is 118 cm³/mol. The number of hydrogen-bond donors (Lipinski definition) is 1. The van der Waals surface area contributed by atoms with Crippen LogP contribution in [0.3, 0.4) is 0 Å². The first kappa shape index (κ1) is 20.5. The number of para-hydroxylation sites is 1. The summed E-state index contributed by atoms with van der Waals surface area (Å²) in [5.41, 5.74) is 4.66. The first-order chi connectivity index (χ1) is 15.0. The second-order valence-electron chi connectivity index (χ2n) is 7.54. The van der Waals surface area contributed by atoms with Crippen molar-refractivity contribution in [2.75, 3.05) is 13.6 Å². The molecule has 0 bridgehead atoms. The van der Waals surface area contributed by atoms with Gasteiger partial charge >= 0.3 is 0 Å². The maximum atomic E-state index is 13.4. The van der Waals surface area contributed by atoms with Gasteiger partial charge in [0, 0.05) is 30.5 Å². The van der Waals surface area contributed by atoms with Gasteiger partial charge in [0.1, 0.15) is 5.82 Å². The first-order valence-electron chi connectivity index (χ1n) is 10.2. The molecule has 1 amide bonds. The zero-order chi connectivity index (χ0) is 21.8. The van der Waals surface area contributed by atoms with Crippen LogP contribution in [0.5, 0.6) is 0 Å². The maximum Gasteiger partial charge on any atom is 0.274 e. The molecule has 0 atom stereocenters. The molecule has 6 nitrogen and oxygen atoms in total. The van der Waals surface area contributed by atoms with Gasteiger partial charge < -0.3 is 4.90 Å². The van der Waals surface area contributed by atoms with E-state index in [9.17, 15) is 9.18 Å². The third kappa shape index (κ3) is 4.71. The molecule has 0 unspecified atom stereocenters. The molecule has 2 heterocycles. The van der Waals surface area contributed by atoms with Crippen LogP contribution >= 0.6 is 0 Å². The molecule has 0 aliphatic rings. The van der Waals surface area contributed by atoms with E-state index in [0.717, 1.165) is 35.5 Å². The minimum Gasteiger partial charge on any atom is -0.340 e. The van der Waals surface area contributed by atoms with Crippen LogP contribution in [0.25, 0.3) is 16.9 Å². The Balaban J connectivity index is 1.34. The van der Waals surface area contributed by atoms with Crippen molar-refractivity contribution < 1.29 is 9.18 Å². The minimum absolute atomic E-state index is 0.108. The summed E-state index contributed by atoms with van der Waals surface area (Å²) in [6.07, 6.45) is 1.50. The summed E-state index contributed by atoms with van der Waals surface area (Å²) in [5, 5.41) is 11.7. The van der Waals surface area contributed by atoms with Crippen LogP contribution in [0.4, 0.5) is 4.39 Å². The summed E-state index contributed by atoms with van der Waals surface area (Å²) in [4.78, 5) is 14.5. The molecule has 4 aromatic rings. The van der Waals surface area contributed by atoms with Gasteiger partial charge in [-0.1, -0.05) is 30.3 Å². The third-order valence-corrected chi connectivity index (χ3v) is 5.14. The normalized spacial score (nSPS) is 10.9. The quantitative estimate of drug-likeness (QED) is 0.484. The third-order valence-electron chi connectivity index (χ3n) is 5.14. The number of benzene rings is 2. The van der Waals surface area contributed by atoms with Gasteiger partial charge in [0.25, 0.3) is 5.91 Å². The number of amides is 1. The molecular formula is C24H24FN5O. The second-order valence-corrected chi connectivity index (χ2v) is 7.54. The van der Waals surface area contributed by atoms with E-state index < -0.39 is 0 Å². The van der Waals surface area contributed by atoms with Gasteiger partial charge in [-0.05, 0) is 56.2 Å². The lowest BCUT2D eigenvalue weighted by atomic mass is 10.1. The number of aromatic amines is 1. The highest BCUT2D eigenvalue weighted by molar-refractivity contribution is 5.92. The van der Waals surface area contributed by atoms with Gasteiger partial charge in [0.2, 0.25) is 0 Å². The summed E-state index contributed by atoms with van der Waals surface area (Å²) in [6.45, 7) is 2.52. The molecule has 0 aliphatic carbocycles. The van der Waals surface area contributed by atoms with Crippen molar-refractivity contribution >= 4 is 5.91 Å². The lowest BCUT2D eigenvalue weighted by Gasteiger charge is -2.15. The van der Waals surface area contributed by atoms with Crippen LogP contribution in [0, 0.1) is 12.7 Å². The highest BCUT2D eigenvalue weighted by Gasteiger charge is 2.17. The van der Waals surface area contributed by atoms with Gasteiger partial charge in [-0.15, -0.1) is 0 Å². The van der Waals surface area contributed by atoms with E-state index in [0.29, 0.717) is 17.9 Å².